The lowest BCUT2D eigenvalue weighted by atomic mass is 9.84. The summed E-state index contributed by atoms with van der Waals surface area (Å²) in [5, 5.41) is 3.55. The molecule has 1 unspecified atom stereocenters. The first kappa shape index (κ1) is 18.0. The molecule has 5 heteroatoms. The number of hydrogen-bond acceptors (Lipinski definition) is 4. The molecular weight excluding hydrogens is 345 g/mol. The van der Waals surface area contributed by atoms with Crippen molar-refractivity contribution in [2.24, 2.45) is 0 Å². The summed E-state index contributed by atoms with van der Waals surface area (Å²) in [6.07, 6.45) is 1.62. The molecule has 1 N–H and O–H groups in total. The Morgan fingerprint density at radius 3 is 2.74 bits per heavy atom. The monoisotopic (exact) mass is 369 g/mol. The van der Waals surface area contributed by atoms with E-state index in [0.29, 0.717) is 19.0 Å². The topological polar surface area (TPSA) is 39.7 Å². The van der Waals surface area contributed by atoms with Gasteiger partial charge in [-0.2, -0.15) is 0 Å². The van der Waals surface area contributed by atoms with Gasteiger partial charge in [0.05, 0.1) is 18.8 Å². The van der Waals surface area contributed by atoms with Crippen molar-refractivity contribution >= 4 is 11.3 Å². The van der Waals surface area contributed by atoms with Crippen LogP contribution in [0.3, 0.4) is 0 Å². The van der Waals surface area contributed by atoms with Crippen LogP contribution in [0.15, 0.2) is 36.4 Å². The van der Waals surface area contributed by atoms with E-state index in [2.05, 4.69) is 38.2 Å². The van der Waals surface area contributed by atoms with Crippen molar-refractivity contribution in [3.63, 3.8) is 0 Å². The fourth-order valence-electron chi connectivity index (χ4n) is 3.97. The summed E-state index contributed by atoms with van der Waals surface area (Å²) in [6, 6.07) is 8.65. The molecule has 2 aromatic rings. The van der Waals surface area contributed by atoms with Crippen molar-refractivity contribution in [1.82, 2.24) is 0 Å². The number of nitrogens with one attached hydrogen (secondary N) is 1. The van der Waals surface area contributed by atoms with Crippen LogP contribution in [-0.4, -0.2) is 25.9 Å². The molecule has 27 heavy (non-hydrogen) atoms. The van der Waals surface area contributed by atoms with E-state index in [-0.39, 0.29) is 11.4 Å². The van der Waals surface area contributed by atoms with E-state index >= 15 is 0 Å². The maximum absolute atomic E-state index is 13.9. The molecule has 142 valence electrons. The molecule has 2 aliphatic heterocycles. The van der Waals surface area contributed by atoms with E-state index < -0.39 is 6.29 Å². The Morgan fingerprint density at radius 2 is 1.96 bits per heavy atom. The molecule has 4 rings (SSSR count). The number of fused-ring (bicyclic) bond motifs is 5. The summed E-state index contributed by atoms with van der Waals surface area (Å²) < 4.78 is 31.2. The SMILES string of the molecule is COCCOC1Oc2ccc(F)cc2-c2ccc3c(c21)C(C)=CC(C)(C)N3. The van der Waals surface area contributed by atoms with E-state index in [0.717, 1.165) is 33.5 Å². The molecule has 0 radical (unpaired) electrons. The molecule has 2 aliphatic rings. The third-order valence-electron chi connectivity index (χ3n) is 4.93. The third-order valence-corrected chi connectivity index (χ3v) is 4.93. The van der Waals surface area contributed by atoms with Crippen molar-refractivity contribution in [1.29, 1.82) is 0 Å². The van der Waals surface area contributed by atoms with Gasteiger partial charge >= 0.3 is 0 Å². The highest BCUT2D eigenvalue weighted by molar-refractivity contribution is 5.89. The predicted octanol–water partition coefficient (Wildman–Crippen LogP) is 5.15. The van der Waals surface area contributed by atoms with Gasteiger partial charge in [-0.25, -0.2) is 4.39 Å². The number of halogens is 1. The normalized spacial score (nSPS) is 19.1. The zero-order chi connectivity index (χ0) is 19.2. The molecule has 0 spiro atoms. The van der Waals surface area contributed by atoms with Crippen LogP contribution in [0.1, 0.15) is 38.2 Å². The first-order chi connectivity index (χ1) is 12.9. The van der Waals surface area contributed by atoms with Gasteiger partial charge in [-0.05, 0) is 56.2 Å². The highest BCUT2D eigenvalue weighted by atomic mass is 19.1. The van der Waals surface area contributed by atoms with E-state index in [9.17, 15) is 4.39 Å². The first-order valence-electron chi connectivity index (χ1n) is 9.11. The van der Waals surface area contributed by atoms with Crippen molar-refractivity contribution < 1.29 is 18.6 Å². The van der Waals surface area contributed by atoms with Crippen molar-refractivity contribution in [3.05, 3.63) is 53.4 Å². The molecule has 0 saturated heterocycles. The third kappa shape index (κ3) is 3.22. The van der Waals surface area contributed by atoms with Gasteiger partial charge in [-0.1, -0.05) is 12.1 Å². The molecule has 2 heterocycles. The molecule has 4 nitrogen and oxygen atoms in total. The Labute approximate surface area is 158 Å². The quantitative estimate of drug-likeness (QED) is 0.756. The van der Waals surface area contributed by atoms with Gasteiger partial charge in [0.1, 0.15) is 11.6 Å². The van der Waals surface area contributed by atoms with E-state index in [1.807, 2.05) is 6.07 Å². The second-order valence-electron chi connectivity index (χ2n) is 7.58. The van der Waals surface area contributed by atoms with Crippen LogP contribution >= 0.6 is 0 Å². The van der Waals surface area contributed by atoms with Gasteiger partial charge in [-0.15, -0.1) is 0 Å². The number of hydrogen-bond donors (Lipinski definition) is 1. The molecule has 0 aliphatic carbocycles. The number of ether oxygens (including phenoxy) is 3. The van der Waals surface area contributed by atoms with Crippen molar-refractivity contribution in [3.8, 4) is 16.9 Å². The number of anilines is 1. The van der Waals surface area contributed by atoms with Crippen LogP contribution in [0.5, 0.6) is 5.75 Å². The summed E-state index contributed by atoms with van der Waals surface area (Å²) in [5.74, 6) is 0.336. The maximum atomic E-state index is 13.9. The van der Waals surface area contributed by atoms with Crippen LogP contribution in [0.2, 0.25) is 0 Å². The molecule has 0 bridgehead atoms. The number of allylic oxidation sites excluding steroid dienone is 1. The zero-order valence-electron chi connectivity index (χ0n) is 16.1. The van der Waals surface area contributed by atoms with E-state index in [1.165, 1.54) is 12.1 Å². The average molecular weight is 369 g/mol. The first-order valence-corrected chi connectivity index (χ1v) is 9.11. The number of benzene rings is 2. The average Bonchev–Trinajstić information content (AvgIpc) is 2.60. The minimum Gasteiger partial charge on any atom is -0.460 e. The lowest BCUT2D eigenvalue weighted by molar-refractivity contribution is -0.0967. The number of rotatable bonds is 4. The van der Waals surface area contributed by atoms with Crippen LogP contribution < -0.4 is 10.1 Å². The maximum Gasteiger partial charge on any atom is 0.228 e. The minimum absolute atomic E-state index is 0.142. The fraction of sp³-hybridized carbons (Fsp3) is 0.364. The summed E-state index contributed by atoms with van der Waals surface area (Å²) in [5.41, 5.74) is 5.71. The summed E-state index contributed by atoms with van der Waals surface area (Å²) in [4.78, 5) is 0. The highest BCUT2D eigenvalue weighted by Gasteiger charge is 2.34. The van der Waals surface area contributed by atoms with E-state index in [4.69, 9.17) is 14.2 Å². The lowest BCUT2D eigenvalue weighted by Gasteiger charge is -2.36. The van der Waals surface area contributed by atoms with Crippen molar-refractivity contribution in [2.45, 2.75) is 32.6 Å². The number of methoxy groups -OCH3 is 1. The largest absolute Gasteiger partial charge is 0.460 e. The Bertz CT molecular complexity index is 920. The van der Waals surface area contributed by atoms with Crippen LogP contribution in [0.25, 0.3) is 16.7 Å². The van der Waals surface area contributed by atoms with Gasteiger partial charge in [0.15, 0.2) is 0 Å². The van der Waals surface area contributed by atoms with E-state index in [1.54, 1.807) is 13.2 Å². The predicted molar refractivity (Wildman–Crippen MR) is 104 cm³/mol. The second-order valence-corrected chi connectivity index (χ2v) is 7.58. The van der Waals surface area contributed by atoms with Crippen LogP contribution in [-0.2, 0) is 9.47 Å². The lowest BCUT2D eigenvalue weighted by Crippen LogP contribution is -2.32. The van der Waals surface area contributed by atoms with Crippen LogP contribution in [0.4, 0.5) is 10.1 Å². The van der Waals surface area contributed by atoms with Gasteiger partial charge in [0.25, 0.3) is 0 Å². The standard InChI is InChI=1S/C22H24FNO3/c1-13-12-22(2,3)24-17-7-6-15-16-11-14(23)5-8-18(16)27-21(20(15)19(13)17)26-10-9-25-4/h5-8,11-12,21,24H,9-10H2,1-4H3. The molecule has 0 saturated carbocycles. The highest BCUT2D eigenvalue weighted by Crippen LogP contribution is 2.49. The van der Waals surface area contributed by atoms with Crippen LogP contribution in [0, 0.1) is 5.82 Å². The Hall–Kier alpha value is -2.37. The molecule has 0 aromatic heterocycles. The van der Waals surface area contributed by atoms with Gasteiger partial charge < -0.3 is 19.5 Å². The molecule has 0 fully saturated rings. The van der Waals surface area contributed by atoms with Gasteiger partial charge in [0.2, 0.25) is 6.29 Å². The summed E-state index contributed by atoms with van der Waals surface area (Å²) in [6.45, 7) is 7.23. The van der Waals surface area contributed by atoms with Crippen molar-refractivity contribution in [2.75, 3.05) is 25.6 Å². The zero-order valence-corrected chi connectivity index (χ0v) is 16.1. The second kappa shape index (κ2) is 6.66. The Balaban J connectivity index is 1.89. The molecule has 2 aromatic carbocycles. The summed E-state index contributed by atoms with van der Waals surface area (Å²) >= 11 is 0. The molecular formula is C22H24FNO3. The van der Waals surface area contributed by atoms with Gasteiger partial charge in [-0.3, -0.25) is 0 Å². The molecule has 1 atom stereocenters. The fourth-order valence-corrected chi connectivity index (χ4v) is 3.97. The Kier molecular flexibility index (Phi) is 4.44. The molecule has 0 amide bonds. The minimum atomic E-state index is -0.575. The Morgan fingerprint density at radius 1 is 1.15 bits per heavy atom. The van der Waals surface area contributed by atoms with Gasteiger partial charge in [0, 0.05) is 29.5 Å². The smallest absolute Gasteiger partial charge is 0.228 e. The summed E-state index contributed by atoms with van der Waals surface area (Å²) in [7, 11) is 1.64.